The predicted molar refractivity (Wildman–Crippen MR) is 62.1 cm³/mol. The number of rotatable bonds is 1. The van der Waals surface area contributed by atoms with E-state index in [0.717, 1.165) is 0 Å². The first-order valence-electron chi connectivity index (χ1n) is 4.85. The van der Waals surface area contributed by atoms with E-state index in [2.05, 4.69) is 4.42 Å². The summed E-state index contributed by atoms with van der Waals surface area (Å²) < 4.78 is 6.05. The van der Waals surface area contributed by atoms with Gasteiger partial charge in [-0.15, -0.1) is 0 Å². The lowest BCUT2D eigenvalue weighted by molar-refractivity contribution is 0.399. The molecule has 0 N–H and O–H groups in total. The van der Waals surface area contributed by atoms with Gasteiger partial charge in [-0.3, -0.25) is 4.57 Å². The van der Waals surface area contributed by atoms with E-state index in [0.29, 0.717) is 15.9 Å². The van der Waals surface area contributed by atoms with Crippen LogP contribution in [0.5, 0.6) is 0 Å². The summed E-state index contributed by atoms with van der Waals surface area (Å²) in [6.45, 7) is 3.69. The average Bonchev–Trinajstić information content (AvgIpc) is 2.18. The zero-order valence-electron chi connectivity index (χ0n) is 8.86. The van der Waals surface area contributed by atoms with Crippen molar-refractivity contribution in [3.05, 3.63) is 44.2 Å². The Labute approximate surface area is 96.1 Å². The standard InChI is InChI=1S/C11H10ClNO3/c1-6(2)13-9-4-3-7(12)5-8(9)10(14)16-11(13)15/h3-6H,1-2H3. The number of halogens is 1. The van der Waals surface area contributed by atoms with Gasteiger partial charge >= 0.3 is 11.4 Å². The molecule has 16 heavy (non-hydrogen) atoms. The molecular weight excluding hydrogens is 230 g/mol. The van der Waals surface area contributed by atoms with Crippen LogP contribution in [0.4, 0.5) is 0 Å². The lowest BCUT2D eigenvalue weighted by Gasteiger charge is -2.11. The first kappa shape index (κ1) is 11.0. The maximum Gasteiger partial charge on any atom is 0.422 e. The fraction of sp³-hybridized carbons (Fsp3) is 0.273. The van der Waals surface area contributed by atoms with E-state index in [1.807, 2.05) is 13.8 Å². The highest BCUT2D eigenvalue weighted by molar-refractivity contribution is 6.31. The molecule has 2 rings (SSSR count). The average molecular weight is 240 g/mol. The highest BCUT2D eigenvalue weighted by Gasteiger charge is 2.11. The number of aromatic nitrogens is 1. The third-order valence-electron chi connectivity index (χ3n) is 2.33. The number of hydrogen-bond donors (Lipinski definition) is 0. The number of hydrogen-bond acceptors (Lipinski definition) is 3. The monoisotopic (exact) mass is 239 g/mol. The minimum Gasteiger partial charge on any atom is -0.372 e. The van der Waals surface area contributed by atoms with Crippen LogP contribution in [-0.2, 0) is 0 Å². The zero-order chi connectivity index (χ0) is 11.9. The minimum atomic E-state index is -0.653. The van der Waals surface area contributed by atoms with Gasteiger partial charge in [-0.05, 0) is 32.0 Å². The molecule has 1 aromatic heterocycles. The molecule has 0 aliphatic heterocycles. The van der Waals surface area contributed by atoms with Crippen molar-refractivity contribution in [1.82, 2.24) is 4.57 Å². The Morgan fingerprint density at radius 1 is 1.31 bits per heavy atom. The Bertz CT molecular complexity index is 654. The lowest BCUT2D eigenvalue weighted by Crippen LogP contribution is -2.26. The highest BCUT2D eigenvalue weighted by Crippen LogP contribution is 2.17. The van der Waals surface area contributed by atoms with Crippen LogP contribution >= 0.6 is 11.6 Å². The van der Waals surface area contributed by atoms with E-state index in [-0.39, 0.29) is 6.04 Å². The molecule has 0 radical (unpaired) electrons. The van der Waals surface area contributed by atoms with Crippen molar-refractivity contribution in [2.75, 3.05) is 0 Å². The molecule has 84 valence electrons. The largest absolute Gasteiger partial charge is 0.422 e. The predicted octanol–water partition coefficient (Wildman–Crippen LogP) is 2.19. The molecule has 0 amide bonds. The van der Waals surface area contributed by atoms with Crippen LogP contribution in [0.3, 0.4) is 0 Å². The van der Waals surface area contributed by atoms with Crippen LogP contribution in [-0.4, -0.2) is 4.57 Å². The van der Waals surface area contributed by atoms with Crippen molar-refractivity contribution in [3.8, 4) is 0 Å². The summed E-state index contributed by atoms with van der Waals surface area (Å²) in [6.07, 6.45) is 0. The molecule has 5 heteroatoms. The first-order valence-corrected chi connectivity index (χ1v) is 5.23. The van der Waals surface area contributed by atoms with E-state index in [1.54, 1.807) is 12.1 Å². The molecule has 4 nitrogen and oxygen atoms in total. The Balaban J connectivity index is 3.02. The van der Waals surface area contributed by atoms with Gasteiger partial charge < -0.3 is 4.42 Å². The second-order valence-corrected chi connectivity index (χ2v) is 4.22. The van der Waals surface area contributed by atoms with Crippen LogP contribution < -0.4 is 11.4 Å². The minimum absolute atomic E-state index is 0.0828. The molecule has 0 atom stereocenters. The molecule has 0 saturated carbocycles. The molecular formula is C11H10ClNO3. The molecule has 2 aromatic rings. The molecule has 0 saturated heterocycles. The van der Waals surface area contributed by atoms with Crippen molar-refractivity contribution >= 4 is 22.5 Å². The summed E-state index contributed by atoms with van der Waals surface area (Å²) in [5.41, 5.74) is -0.111. The van der Waals surface area contributed by atoms with Gasteiger partial charge in [0, 0.05) is 11.1 Å². The Morgan fingerprint density at radius 3 is 2.62 bits per heavy atom. The van der Waals surface area contributed by atoms with E-state index in [4.69, 9.17) is 11.6 Å². The van der Waals surface area contributed by atoms with E-state index in [1.165, 1.54) is 10.6 Å². The van der Waals surface area contributed by atoms with Crippen LogP contribution in [0.1, 0.15) is 19.9 Å². The van der Waals surface area contributed by atoms with Gasteiger partial charge in [-0.1, -0.05) is 11.6 Å². The first-order chi connectivity index (χ1) is 7.50. The third kappa shape index (κ3) is 1.65. The molecule has 0 spiro atoms. The SMILES string of the molecule is CC(C)n1c(=O)oc(=O)c2cc(Cl)ccc21. The molecule has 0 unspecified atom stereocenters. The molecule has 0 bridgehead atoms. The van der Waals surface area contributed by atoms with Crippen LogP contribution in [0.2, 0.25) is 5.02 Å². The highest BCUT2D eigenvalue weighted by atomic mass is 35.5. The van der Waals surface area contributed by atoms with E-state index in [9.17, 15) is 9.59 Å². The van der Waals surface area contributed by atoms with Gasteiger partial charge in [0.15, 0.2) is 0 Å². The molecule has 0 aliphatic carbocycles. The van der Waals surface area contributed by atoms with E-state index >= 15 is 0 Å². The second-order valence-electron chi connectivity index (χ2n) is 3.78. The third-order valence-corrected chi connectivity index (χ3v) is 2.57. The summed E-state index contributed by atoms with van der Waals surface area (Å²) in [5.74, 6) is -0.644. The number of benzene rings is 1. The van der Waals surface area contributed by atoms with Gasteiger partial charge in [0.2, 0.25) is 0 Å². The van der Waals surface area contributed by atoms with Crippen LogP contribution in [0, 0.1) is 0 Å². The zero-order valence-corrected chi connectivity index (χ0v) is 9.62. The van der Waals surface area contributed by atoms with Crippen molar-refractivity contribution in [3.63, 3.8) is 0 Å². The van der Waals surface area contributed by atoms with Crippen molar-refractivity contribution in [1.29, 1.82) is 0 Å². The number of fused-ring (bicyclic) bond motifs is 1. The maximum atomic E-state index is 11.5. The fourth-order valence-corrected chi connectivity index (χ4v) is 1.82. The normalized spacial score (nSPS) is 11.2. The fourth-order valence-electron chi connectivity index (χ4n) is 1.65. The summed E-state index contributed by atoms with van der Waals surface area (Å²) in [7, 11) is 0. The Kier molecular flexibility index (Phi) is 2.59. The van der Waals surface area contributed by atoms with Crippen LogP contribution in [0.25, 0.3) is 10.9 Å². The van der Waals surface area contributed by atoms with Crippen molar-refractivity contribution in [2.24, 2.45) is 0 Å². The summed E-state index contributed by atoms with van der Waals surface area (Å²) in [6, 6.07) is 4.71. The van der Waals surface area contributed by atoms with Crippen molar-refractivity contribution < 1.29 is 4.42 Å². The van der Waals surface area contributed by atoms with E-state index < -0.39 is 11.4 Å². The topological polar surface area (TPSA) is 52.2 Å². The van der Waals surface area contributed by atoms with Crippen molar-refractivity contribution in [2.45, 2.75) is 19.9 Å². The number of nitrogens with zero attached hydrogens (tertiary/aromatic N) is 1. The molecule has 1 aromatic carbocycles. The lowest BCUT2D eigenvalue weighted by atomic mass is 10.2. The summed E-state index contributed by atoms with van der Waals surface area (Å²) in [5, 5.41) is 0.759. The smallest absolute Gasteiger partial charge is 0.372 e. The molecule has 0 aliphatic rings. The van der Waals surface area contributed by atoms with Crippen LogP contribution in [0.15, 0.2) is 32.2 Å². The molecule has 1 heterocycles. The Hall–Kier alpha value is -1.55. The van der Waals surface area contributed by atoms with Gasteiger partial charge in [-0.25, -0.2) is 9.59 Å². The maximum absolute atomic E-state index is 11.5. The summed E-state index contributed by atoms with van der Waals surface area (Å²) >= 11 is 5.79. The van der Waals surface area contributed by atoms with Gasteiger partial charge in [0.25, 0.3) is 0 Å². The van der Waals surface area contributed by atoms with Gasteiger partial charge in [-0.2, -0.15) is 0 Å². The second kappa shape index (κ2) is 3.79. The quantitative estimate of drug-likeness (QED) is 0.767. The Morgan fingerprint density at radius 2 is 2.00 bits per heavy atom. The summed E-state index contributed by atoms with van der Waals surface area (Å²) in [4.78, 5) is 23.0. The van der Waals surface area contributed by atoms with Gasteiger partial charge in [0.05, 0.1) is 10.9 Å². The molecule has 0 fully saturated rings. The van der Waals surface area contributed by atoms with Gasteiger partial charge in [0.1, 0.15) is 0 Å².